The molecule has 0 radical (unpaired) electrons. The van der Waals surface area contributed by atoms with Crippen LogP contribution in [-0.2, 0) is 18.3 Å². The van der Waals surface area contributed by atoms with Crippen molar-refractivity contribution in [2.45, 2.75) is 26.7 Å². The second-order valence-electron chi connectivity index (χ2n) is 5.17. The molecule has 6 heteroatoms. The predicted molar refractivity (Wildman–Crippen MR) is 87.6 cm³/mol. The van der Waals surface area contributed by atoms with Crippen molar-refractivity contribution < 1.29 is 9.53 Å². The van der Waals surface area contributed by atoms with E-state index in [1.54, 1.807) is 25.3 Å². The van der Waals surface area contributed by atoms with Crippen molar-refractivity contribution >= 4 is 23.2 Å². The molecule has 0 aliphatic heterocycles. The monoisotopic (exact) mass is 321 g/mol. The highest BCUT2D eigenvalue weighted by molar-refractivity contribution is 6.31. The highest BCUT2D eigenvalue weighted by Gasteiger charge is 2.13. The minimum Gasteiger partial charge on any atom is -0.495 e. The molecule has 1 heterocycles. The van der Waals surface area contributed by atoms with Gasteiger partial charge in [-0.1, -0.05) is 11.6 Å². The zero-order valence-electron chi connectivity index (χ0n) is 13.2. The Kier molecular flexibility index (Phi) is 5.08. The summed E-state index contributed by atoms with van der Waals surface area (Å²) in [4.78, 5) is 12.2. The lowest BCUT2D eigenvalue weighted by Crippen LogP contribution is -2.13. The van der Waals surface area contributed by atoms with Gasteiger partial charge in [0.15, 0.2) is 0 Å². The third-order valence-electron chi connectivity index (χ3n) is 3.70. The molecule has 0 unspecified atom stereocenters. The van der Waals surface area contributed by atoms with Gasteiger partial charge in [-0.05, 0) is 44.0 Å². The molecule has 0 atom stereocenters. The van der Waals surface area contributed by atoms with Crippen LogP contribution in [0.3, 0.4) is 0 Å². The van der Waals surface area contributed by atoms with Crippen molar-refractivity contribution in [3.05, 3.63) is 40.2 Å². The number of hydrogen-bond acceptors (Lipinski definition) is 3. The van der Waals surface area contributed by atoms with Crippen LogP contribution in [0.25, 0.3) is 0 Å². The average Bonchev–Trinajstić information content (AvgIpc) is 2.70. The molecular formula is C16H20ClN3O2. The summed E-state index contributed by atoms with van der Waals surface area (Å²) in [6.45, 7) is 3.97. The number of nitrogens with zero attached hydrogens (tertiary/aromatic N) is 2. The number of amides is 1. The fraction of sp³-hybridized carbons (Fsp3) is 0.375. The van der Waals surface area contributed by atoms with Gasteiger partial charge in [0, 0.05) is 24.2 Å². The fourth-order valence-corrected chi connectivity index (χ4v) is 2.58. The van der Waals surface area contributed by atoms with E-state index in [-0.39, 0.29) is 5.91 Å². The molecule has 2 rings (SSSR count). The van der Waals surface area contributed by atoms with Crippen molar-refractivity contribution in [2.24, 2.45) is 7.05 Å². The first kappa shape index (κ1) is 16.4. The summed E-state index contributed by atoms with van der Waals surface area (Å²) < 4.78 is 7.05. The van der Waals surface area contributed by atoms with E-state index in [1.165, 1.54) is 0 Å². The molecule has 1 aromatic carbocycles. The molecule has 22 heavy (non-hydrogen) atoms. The summed E-state index contributed by atoms with van der Waals surface area (Å²) in [5.41, 5.74) is 3.76. The number of benzene rings is 1. The lowest BCUT2D eigenvalue weighted by Gasteiger charge is -2.10. The number of ether oxygens (including phenoxy) is 1. The highest BCUT2D eigenvalue weighted by Crippen LogP contribution is 2.27. The van der Waals surface area contributed by atoms with Gasteiger partial charge >= 0.3 is 0 Å². The molecule has 0 aliphatic carbocycles. The van der Waals surface area contributed by atoms with Crippen LogP contribution >= 0.6 is 11.6 Å². The van der Waals surface area contributed by atoms with Gasteiger partial charge in [0.25, 0.3) is 0 Å². The van der Waals surface area contributed by atoms with E-state index in [0.717, 1.165) is 17.0 Å². The van der Waals surface area contributed by atoms with E-state index in [9.17, 15) is 4.79 Å². The zero-order chi connectivity index (χ0) is 16.3. The van der Waals surface area contributed by atoms with E-state index in [0.29, 0.717) is 29.3 Å². The Morgan fingerprint density at radius 2 is 2.14 bits per heavy atom. The Bertz CT molecular complexity index is 695. The second kappa shape index (κ2) is 6.83. The van der Waals surface area contributed by atoms with Crippen molar-refractivity contribution in [3.63, 3.8) is 0 Å². The number of aryl methyl sites for hydroxylation is 2. The normalized spacial score (nSPS) is 10.6. The standard InChI is InChI=1S/C16H20ClN3O2/c1-10-13(11(2)20(3)19-10)6-8-16(21)18-14-9-12(17)5-7-15(14)22-4/h5,7,9H,6,8H2,1-4H3,(H,18,21). The Morgan fingerprint density at radius 3 is 2.73 bits per heavy atom. The molecular weight excluding hydrogens is 302 g/mol. The van der Waals surface area contributed by atoms with Gasteiger partial charge in [0.2, 0.25) is 5.91 Å². The van der Waals surface area contributed by atoms with E-state index < -0.39 is 0 Å². The van der Waals surface area contributed by atoms with Crippen LogP contribution in [0.4, 0.5) is 5.69 Å². The maximum absolute atomic E-state index is 12.2. The highest BCUT2D eigenvalue weighted by atomic mass is 35.5. The van der Waals surface area contributed by atoms with E-state index >= 15 is 0 Å². The molecule has 0 aliphatic rings. The first-order chi connectivity index (χ1) is 10.4. The summed E-state index contributed by atoms with van der Waals surface area (Å²) in [5.74, 6) is 0.509. The van der Waals surface area contributed by atoms with Crippen LogP contribution in [0, 0.1) is 13.8 Å². The summed E-state index contributed by atoms with van der Waals surface area (Å²) in [7, 11) is 3.46. The molecule has 0 bridgehead atoms. The van der Waals surface area contributed by atoms with Crippen LogP contribution in [0.1, 0.15) is 23.4 Å². The topological polar surface area (TPSA) is 56.1 Å². The van der Waals surface area contributed by atoms with Gasteiger partial charge in [-0.15, -0.1) is 0 Å². The number of aromatic nitrogens is 2. The van der Waals surface area contributed by atoms with Crippen LogP contribution in [0.15, 0.2) is 18.2 Å². The van der Waals surface area contributed by atoms with Gasteiger partial charge in [0.05, 0.1) is 18.5 Å². The summed E-state index contributed by atoms with van der Waals surface area (Å²) in [6, 6.07) is 5.13. The van der Waals surface area contributed by atoms with Crippen LogP contribution < -0.4 is 10.1 Å². The van der Waals surface area contributed by atoms with Crippen molar-refractivity contribution in [2.75, 3.05) is 12.4 Å². The van der Waals surface area contributed by atoms with Crippen LogP contribution in [-0.4, -0.2) is 22.8 Å². The molecule has 0 spiro atoms. The van der Waals surface area contributed by atoms with E-state index in [4.69, 9.17) is 16.3 Å². The Hall–Kier alpha value is -2.01. The van der Waals surface area contributed by atoms with E-state index in [2.05, 4.69) is 10.4 Å². The number of methoxy groups -OCH3 is 1. The summed E-state index contributed by atoms with van der Waals surface area (Å²) in [5, 5.41) is 7.75. The summed E-state index contributed by atoms with van der Waals surface area (Å²) >= 11 is 5.96. The smallest absolute Gasteiger partial charge is 0.224 e. The largest absolute Gasteiger partial charge is 0.495 e. The fourth-order valence-electron chi connectivity index (χ4n) is 2.41. The predicted octanol–water partition coefficient (Wildman–Crippen LogP) is 3.27. The number of rotatable bonds is 5. The van der Waals surface area contributed by atoms with Gasteiger partial charge in [-0.2, -0.15) is 5.10 Å². The Balaban J connectivity index is 2.03. The molecule has 5 nitrogen and oxygen atoms in total. The van der Waals surface area contributed by atoms with Crippen molar-refractivity contribution in [1.29, 1.82) is 0 Å². The minimum atomic E-state index is -0.0804. The SMILES string of the molecule is COc1ccc(Cl)cc1NC(=O)CCc1c(C)nn(C)c1C. The number of nitrogens with one attached hydrogen (secondary N) is 1. The average molecular weight is 322 g/mol. The first-order valence-electron chi connectivity index (χ1n) is 7.05. The number of hydrogen-bond donors (Lipinski definition) is 1. The number of carbonyl (C=O) groups is 1. The van der Waals surface area contributed by atoms with Crippen molar-refractivity contribution in [1.82, 2.24) is 9.78 Å². The Morgan fingerprint density at radius 1 is 1.41 bits per heavy atom. The number of halogens is 1. The second-order valence-corrected chi connectivity index (χ2v) is 5.60. The molecule has 118 valence electrons. The minimum absolute atomic E-state index is 0.0804. The van der Waals surface area contributed by atoms with Crippen molar-refractivity contribution in [3.8, 4) is 5.75 Å². The van der Waals surface area contributed by atoms with Gasteiger partial charge in [0.1, 0.15) is 5.75 Å². The van der Waals surface area contributed by atoms with Gasteiger partial charge < -0.3 is 10.1 Å². The number of anilines is 1. The molecule has 1 aromatic heterocycles. The lowest BCUT2D eigenvalue weighted by molar-refractivity contribution is -0.116. The molecule has 1 N–H and O–H groups in total. The summed E-state index contributed by atoms with van der Waals surface area (Å²) in [6.07, 6.45) is 1.03. The van der Waals surface area contributed by atoms with Crippen LogP contribution in [0.5, 0.6) is 5.75 Å². The van der Waals surface area contributed by atoms with E-state index in [1.807, 2.05) is 25.6 Å². The molecule has 0 saturated heterocycles. The third kappa shape index (κ3) is 3.60. The van der Waals surface area contributed by atoms with Gasteiger partial charge in [-0.3, -0.25) is 9.48 Å². The quantitative estimate of drug-likeness (QED) is 0.919. The molecule has 2 aromatic rings. The molecule has 0 saturated carbocycles. The van der Waals surface area contributed by atoms with Crippen LogP contribution in [0.2, 0.25) is 5.02 Å². The molecule has 0 fully saturated rings. The zero-order valence-corrected chi connectivity index (χ0v) is 14.0. The lowest BCUT2D eigenvalue weighted by atomic mass is 10.1. The van der Waals surface area contributed by atoms with Gasteiger partial charge in [-0.25, -0.2) is 0 Å². The Labute approximate surface area is 135 Å². The molecule has 1 amide bonds. The first-order valence-corrected chi connectivity index (χ1v) is 7.42. The maximum atomic E-state index is 12.2. The third-order valence-corrected chi connectivity index (χ3v) is 3.93. The maximum Gasteiger partial charge on any atom is 0.224 e. The number of carbonyl (C=O) groups excluding carboxylic acids is 1.